The molecule has 2 heterocycles. The number of nitrogens with zero attached hydrogens (tertiary/aromatic N) is 1. The molecule has 2 aromatic rings. The molecule has 0 atom stereocenters. The summed E-state index contributed by atoms with van der Waals surface area (Å²) in [6.45, 7) is 0.106. The van der Waals surface area contributed by atoms with Crippen LogP contribution in [0.1, 0.15) is 20.8 Å². The van der Waals surface area contributed by atoms with E-state index in [4.69, 9.17) is 9.47 Å². The summed E-state index contributed by atoms with van der Waals surface area (Å²) in [5.41, 5.74) is 4.25. The number of carbonyl (C=O) groups excluding carboxylic acids is 2. The Morgan fingerprint density at radius 1 is 1.05 bits per heavy atom. The molecule has 1 aromatic carbocycles. The number of hydrogen-bond donors (Lipinski definition) is 3. The third-order valence-corrected chi connectivity index (χ3v) is 2.84. The van der Waals surface area contributed by atoms with Crippen LogP contribution in [0.3, 0.4) is 0 Å². The van der Waals surface area contributed by atoms with Crippen molar-refractivity contribution in [3.8, 4) is 11.5 Å². The SMILES string of the molecule is O=C(NNC(=O)c1ccc(=O)[nH]n1)c1ccc2c(c1)OCO2. The molecule has 9 heteroatoms. The maximum atomic E-state index is 11.9. The lowest BCUT2D eigenvalue weighted by atomic mass is 10.2. The number of rotatable bonds is 2. The molecule has 2 amide bonds. The van der Waals surface area contributed by atoms with Gasteiger partial charge in [-0.1, -0.05) is 0 Å². The highest BCUT2D eigenvalue weighted by atomic mass is 16.7. The Balaban J connectivity index is 1.63. The summed E-state index contributed by atoms with van der Waals surface area (Å²) in [4.78, 5) is 34.5. The molecular formula is C13H10N4O5. The van der Waals surface area contributed by atoms with Gasteiger partial charge in [-0.25, -0.2) is 5.10 Å². The molecule has 0 saturated heterocycles. The number of aromatic nitrogens is 2. The van der Waals surface area contributed by atoms with E-state index in [-0.39, 0.29) is 12.5 Å². The molecule has 3 N–H and O–H groups in total. The average Bonchev–Trinajstić information content (AvgIpc) is 3.00. The molecular weight excluding hydrogens is 292 g/mol. The molecule has 0 unspecified atom stereocenters. The van der Waals surface area contributed by atoms with Crippen molar-refractivity contribution in [1.82, 2.24) is 21.0 Å². The van der Waals surface area contributed by atoms with Crippen molar-refractivity contribution >= 4 is 11.8 Å². The predicted octanol–water partition coefficient (Wildman–Crippen LogP) is -0.427. The van der Waals surface area contributed by atoms with Gasteiger partial charge in [0.1, 0.15) is 0 Å². The van der Waals surface area contributed by atoms with E-state index in [0.717, 1.165) is 6.07 Å². The van der Waals surface area contributed by atoms with Gasteiger partial charge >= 0.3 is 0 Å². The van der Waals surface area contributed by atoms with Gasteiger partial charge in [-0.2, -0.15) is 5.10 Å². The third-order valence-electron chi connectivity index (χ3n) is 2.84. The molecule has 1 aliphatic heterocycles. The summed E-state index contributed by atoms with van der Waals surface area (Å²) in [6, 6.07) is 7.03. The fourth-order valence-electron chi connectivity index (χ4n) is 1.76. The smallest absolute Gasteiger partial charge is 0.290 e. The zero-order chi connectivity index (χ0) is 15.5. The van der Waals surface area contributed by atoms with Crippen LogP contribution in [0.2, 0.25) is 0 Å². The first-order chi connectivity index (χ1) is 10.6. The Morgan fingerprint density at radius 3 is 2.59 bits per heavy atom. The molecule has 112 valence electrons. The van der Waals surface area contributed by atoms with E-state index >= 15 is 0 Å². The lowest BCUT2D eigenvalue weighted by Crippen LogP contribution is -2.42. The second-order valence-electron chi connectivity index (χ2n) is 4.28. The first-order valence-corrected chi connectivity index (χ1v) is 6.19. The van der Waals surface area contributed by atoms with E-state index < -0.39 is 17.4 Å². The van der Waals surface area contributed by atoms with E-state index in [1.54, 1.807) is 6.07 Å². The van der Waals surface area contributed by atoms with Crippen LogP contribution in [-0.2, 0) is 0 Å². The fourth-order valence-corrected chi connectivity index (χ4v) is 1.76. The largest absolute Gasteiger partial charge is 0.454 e. The molecule has 0 bridgehead atoms. The summed E-state index contributed by atoms with van der Waals surface area (Å²) >= 11 is 0. The van der Waals surface area contributed by atoms with Crippen LogP contribution in [0.5, 0.6) is 11.5 Å². The minimum Gasteiger partial charge on any atom is -0.454 e. The quantitative estimate of drug-likeness (QED) is 0.647. The molecule has 0 radical (unpaired) electrons. The Morgan fingerprint density at radius 2 is 1.82 bits per heavy atom. The number of fused-ring (bicyclic) bond motifs is 1. The number of benzene rings is 1. The van der Waals surface area contributed by atoms with Gasteiger partial charge in [0.2, 0.25) is 6.79 Å². The molecule has 0 saturated carbocycles. The van der Waals surface area contributed by atoms with Crippen molar-refractivity contribution in [2.24, 2.45) is 0 Å². The molecule has 22 heavy (non-hydrogen) atoms. The number of ether oxygens (including phenoxy) is 2. The van der Waals surface area contributed by atoms with Crippen molar-refractivity contribution in [3.05, 3.63) is 51.9 Å². The second-order valence-corrected chi connectivity index (χ2v) is 4.28. The van der Waals surface area contributed by atoms with Crippen LogP contribution in [0.15, 0.2) is 35.1 Å². The predicted molar refractivity (Wildman–Crippen MR) is 72.4 cm³/mol. The summed E-state index contributed by atoms with van der Waals surface area (Å²) in [5.74, 6) is -0.180. The van der Waals surface area contributed by atoms with Crippen LogP contribution in [-0.4, -0.2) is 28.8 Å². The summed E-state index contributed by atoms with van der Waals surface area (Å²) in [6.07, 6.45) is 0. The van der Waals surface area contributed by atoms with Gasteiger partial charge in [0.25, 0.3) is 17.4 Å². The third kappa shape index (κ3) is 2.73. The van der Waals surface area contributed by atoms with E-state index in [1.165, 1.54) is 18.2 Å². The Labute approximate surface area is 123 Å². The number of aromatic amines is 1. The molecule has 0 aliphatic carbocycles. The van der Waals surface area contributed by atoms with Crippen LogP contribution < -0.4 is 25.9 Å². The standard InChI is InChI=1S/C13H10N4O5/c18-11-4-2-8(14-15-11)13(20)17-16-12(19)7-1-3-9-10(5-7)22-6-21-9/h1-5H,6H2,(H,15,18)(H,16,19)(H,17,20). The minimum absolute atomic E-state index is 0.0365. The van der Waals surface area contributed by atoms with Crippen LogP contribution in [0.25, 0.3) is 0 Å². The molecule has 0 fully saturated rings. The number of amides is 2. The minimum atomic E-state index is -0.662. The lowest BCUT2D eigenvalue weighted by Gasteiger charge is -2.07. The zero-order valence-electron chi connectivity index (χ0n) is 11.1. The van der Waals surface area contributed by atoms with Crippen molar-refractivity contribution in [1.29, 1.82) is 0 Å². The lowest BCUT2D eigenvalue weighted by molar-refractivity contribution is 0.0843. The summed E-state index contributed by atoms with van der Waals surface area (Å²) < 4.78 is 10.3. The van der Waals surface area contributed by atoms with Crippen molar-refractivity contribution in [2.45, 2.75) is 0 Å². The van der Waals surface area contributed by atoms with Gasteiger partial charge in [0.05, 0.1) is 0 Å². The van der Waals surface area contributed by atoms with Gasteiger partial charge in [-0.15, -0.1) is 0 Å². The summed E-state index contributed by atoms with van der Waals surface area (Å²) in [5, 5.41) is 5.66. The van der Waals surface area contributed by atoms with Gasteiger partial charge in [0.15, 0.2) is 17.2 Å². The van der Waals surface area contributed by atoms with Crippen LogP contribution in [0.4, 0.5) is 0 Å². The van der Waals surface area contributed by atoms with E-state index in [0.29, 0.717) is 17.1 Å². The number of hydrazine groups is 1. The van der Waals surface area contributed by atoms with Crippen molar-refractivity contribution < 1.29 is 19.1 Å². The molecule has 1 aromatic heterocycles. The molecule has 9 nitrogen and oxygen atoms in total. The van der Waals surface area contributed by atoms with E-state index in [1.807, 2.05) is 0 Å². The van der Waals surface area contributed by atoms with Gasteiger partial charge in [-0.3, -0.25) is 25.2 Å². The van der Waals surface area contributed by atoms with Crippen molar-refractivity contribution in [2.75, 3.05) is 6.79 Å². The maximum Gasteiger partial charge on any atom is 0.290 e. The molecule has 3 rings (SSSR count). The number of nitrogens with one attached hydrogen (secondary N) is 3. The number of carbonyl (C=O) groups is 2. The van der Waals surface area contributed by atoms with Crippen LogP contribution >= 0.6 is 0 Å². The Bertz CT molecular complexity index is 781. The highest BCUT2D eigenvalue weighted by Gasteiger charge is 2.16. The highest BCUT2D eigenvalue weighted by molar-refractivity contribution is 5.98. The highest BCUT2D eigenvalue weighted by Crippen LogP contribution is 2.32. The normalized spacial score (nSPS) is 11.8. The average molecular weight is 302 g/mol. The topological polar surface area (TPSA) is 122 Å². The molecule has 0 spiro atoms. The van der Waals surface area contributed by atoms with Gasteiger partial charge < -0.3 is 9.47 Å². The zero-order valence-corrected chi connectivity index (χ0v) is 11.1. The van der Waals surface area contributed by atoms with Gasteiger partial charge in [0, 0.05) is 11.6 Å². The first kappa shape index (κ1) is 13.6. The molecule has 1 aliphatic rings. The second kappa shape index (κ2) is 5.56. The van der Waals surface area contributed by atoms with Gasteiger partial charge in [-0.05, 0) is 24.3 Å². The van der Waals surface area contributed by atoms with Crippen LogP contribution in [0, 0.1) is 0 Å². The van der Waals surface area contributed by atoms with Crippen molar-refractivity contribution in [3.63, 3.8) is 0 Å². The van der Waals surface area contributed by atoms with E-state index in [2.05, 4.69) is 21.0 Å². The Hall–Kier alpha value is -3.36. The Kier molecular flexibility index (Phi) is 3.44. The fraction of sp³-hybridized carbons (Fsp3) is 0.0769. The number of hydrogen-bond acceptors (Lipinski definition) is 6. The maximum absolute atomic E-state index is 11.9. The monoisotopic (exact) mass is 302 g/mol. The van der Waals surface area contributed by atoms with E-state index in [9.17, 15) is 14.4 Å². The summed E-state index contributed by atoms with van der Waals surface area (Å²) in [7, 11) is 0. The number of H-pyrrole nitrogens is 1. The first-order valence-electron chi connectivity index (χ1n) is 6.19.